The predicted octanol–water partition coefficient (Wildman–Crippen LogP) is 5.11. The zero-order valence-corrected chi connectivity index (χ0v) is 21.9. The van der Waals surface area contributed by atoms with Crippen molar-refractivity contribution in [3.63, 3.8) is 0 Å². The van der Waals surface area contributed by atoms with Gasteiger partial charge in [0.1, 0.15) is 5.82 Å². The van der Waals surface area contributed by atoms with Gasteiger partial charge in [-0.05, 0) is 65.4 Å². The Bertz CT molecular complexity index is 1600. The quantitative estimate of drug-likeness (QED) is 0.262. The molecule has 0 spiro atoms. The van der Waals surface area contributed by atoms with E-state index in [0.717, 1.165) is 46.5 Å². The lowest BCUT2D eigenvalue weighted by Crippen LogP contribution is -2.21. The van der Waals surface area contributed by atoms with Gasteiger partial charge in [-0.1, -0.05) is 49.2 Å². The molecular formula is C31H30N6O3. The van der Waals surface area contributed by atoms with Crippen LogP contribution in [-0.4, -0.2) is 27.6 Å². The lowest BCUT2D eigenvalue weighted by Gasteiger charge is -2.12. The molecule has 0 unspecified atom stereocenters. The smallest absolute Gasteiger partial charge is 0.324 e. The topological polar surface area (TPSA) is 131 Å². The van der Waals surface area contributed by atoms with E-state index in [1.807, 2.05) is 72.8 Å². The summed E-state index contributed by atoms with van der Waals surface area (Å²) in [5.74, 6) is 0.442. The van der Waals surface area contributed by atoms with E-state index in [-0.39, 0.29) is 12.3 Å². The summed E-state index contributed by atoms with van der Waals surface area (Å²) in [6.45, 7) is 0.509. The van der Waals surface area contributed by atoms with Crippen molar-refractivity contribution in [1.82, 2.24) is 15.1 Å². The number of urea groups is 1. The van der Waals surface area contributed by atoms with Gasteiger partial charge in [-0.15, -0.1) is 0 Å². The van der Waals surface area contributed by atoms with E-state index in [4.69, 9.17) is 10.8 Å². The molecule has 1 saturated carbocycles. The number of carbonyl (C=O) groups is 3. The van der Waals surface area contributed by atoms with Gasteiger partial charge in [0.05, 0.1) is 17.8 Å². The lowest BCUT2D eigenvalue weighted by atomic mass is 9.97. The molecule has 0 saturated heterocycles. The minimum absolute atomic E-state index is 0.0540. The summed E-state index contributed by atoms with van der Waals surface area (Å²) in [4.78, 5) is 36.6. The van der Waals surface area contributed by atoms with E-state index in [1.54, 1.807) is 4.68 Å². The largest absolute Gasteiger partial charge is 0.369 e. The molecule has 202 valence electrons. The van der Waals surface area contributed by atoms with Gasteiger partial charge in [0.25, 0.3) is 5.91 Å². The van der Waals surface area contributed by atoms with E-state index in [0.29, 0.717) is 29.5 Å². The molecule has 1 aromatic heterocycles. The zero-order valence-electron chi connectivity index (χ0n) is 21.9. The first-order chi connectivity index (χ1) is 19.4. The molecule has 40 heavy (non-hydrogen) atoms. The second-order valence-electron chi connectivity index (χ2n) is 10.3. The number of anilines is 2. The van der Waals surface area contributed by atoms with Gasteiger partial charge in [-0.2, -0.15) is 5.10 Å². The van der Waals surface area contributed by atoms with Gasteiger partial charge in [-0.3, -0.25) is 14.9 Å². The van der Waals surface area contributed by atoms with Gasteiger partial charge >= 0.3 is 6.03 Å². The number of hydrogen-bond donors (Lipinski definition) is 4. The Balaban J connectivity index is 1.22. The molecule has 1 fully saturated rings. The lowest BCUT2D eigenvalue weighted by molar-refractivity contribution is -0.117. The molecule has 4 aromatic rings. The van der Waals surface area contributed by atoms with E-state index in [9.17, 15) is 14.4 Å². The summed E-state index contributed by atoms with van der Waals surface area (Å²) in [7, 11) is 0. The first-order valence-electron chi connectivity index (χ1n) is 13.5. The molecule has 2 aliphatic rings. The van der Waals surface area contributed by atoms with Gasteiger partial charge in [0.15, 0.2) is 0 Å². The van der Waals surface area contributed by atoms with Crippen LogP contribution in [0.15, 0.2) is 72.8 Å². The third kappa shape index (κ3) is 5.18. The van der Waals surface area contributed by atoms with Crippen molar-refractivity contribution in [2.24, 2.45) is 5.73 Å². The fourth-order valence-corrected chi connectivity index (χ4v) is 5.64. The van der Waals surface area contributed by atoms with Crippen LogP contribution in [0.3, 0.4) is 0 Å². The summed E-state index contributed by atoms with van der Waals surface area (Å²) in [6, 6.07) is 22.2. The van der Waals surface area contributed by atoms with Crippen LogP contribution in [0, 0.1) is 0 Å². The number of carbonyl (C=O) groups excluding carboxylic acids is 3. The molecule has 5 N–H and O–H groups in total. The van der Waals surface area contributed by atoms with Crippen LogP contribution in [0.5, 0.6) is 0 Å². The summed E-state index contributed by atoms with van der Waals surface area (Å²) in [5, 5.41) is 13.6. The number of primary amides is 1. The minimum Gasteiger partial charge on any atom is -0.369 e. The fourth-order valence-electron chi connectivity index (χ4n) is 5.64. The number of nitrogens with one attached hydrogen (secondary N) is 3. The molecule has 0 atom stereocenters. The second kappa shape index (κ2) is 10.7. The van der Waals surface area contributed by atoms with E-state index >= 15 is 0 Å². The number of nitrogens with zero attached hydrogens (tertiary/aromatic N) is 2. The van der Waals surface area contributed by atoms with Crippen LogP contribution in [-0.2, 0) is 17.8 Å². The third-order valence-corrected chi connectivity index (χ3v) is 7.58. The van der Waals surface area contributed by atoms with Crippen molar-refractivity contribution in [2.45, 2.75) is 44.6 Å². The number of rotatable bonds is 7. The van der Waals surface area contributed by atoms with Gasteiger partial charge in [0.2, 0.25) is 5.91 Å². The highest BCUT2D eigenvalue weighted by Crippen LogP contribution is 2.35. The molecule has 4 amide bonds. The molecular weight excluding hydrogens is 504 g/mol. The van der Waals surface area contributed by atoms with Gasteiger partial charge in [-0.25, -0.2) is 9.48 Å². The molecule has 9 nitrogen and oxygen atoms in total. The maximum atomic E-state index is 13.1. The Kier molecular flexibility index (Phi) is 6.77. The Morgan fingerprint density at radius 1 is 0.950 bits per heavy atom. The molecule has 1 aliphatic carbocycles. The molecule has 0 radical (unpaired) electrons. The normalized spacial score (nSPS) is 14.6. The highest BCUT2D eigenvalue weighted by Gasteiger charge is 2.24. The number of nitrogens with two attached hydrogens (primary N) is 1. The van der Waals surface area contributed by atoms with Crippen LogP contribution in [0.1, 0.15) is 58.8 Å². The maximum Gasteiger partial charge on any atom is 0.324 e. The summed E-state index contributed by atoms with van der Waals surface area (Å²) in [6.07, 6.45) is 4.62. The second-order valence-corrected chi connectivity index (χ2v) is 10.3. The average molecular weight is 535 g/mol. The summed E-state index contributed by atoms with van der Waals surface area (Å²) in [5.41, 5.74) is 12.1. The standard InChI is InChI=1S/C31H30N6O3/c32-28(38)16-19-5-3-8-23(15-19)37-29(17-27(36-37)21-6-1-2-7-21)35-31(40)34-22-13-11-20(12-14-22)24-9-4-10-25-26(24)18-33-30(25)39/h3-5,8-15,17,21H,1-2,6-7,16,18H2,(H2,32,38)(H,33,39)(H2,34,35,40). The van der Waals surface area contributed by atoms with Crippen molar-refractivity contribution in [2.75, 3.05) is 10.6 Å². The highest BCUT2D eigenvalue weighted by molar-refractivity contribution is 6.01. The predicted molar refractivity (Wildman–Crippen MR) is 153 cm³/mol. The van der Waals surface area contributed by atoms with Crippen molar-refractivity contribution in [3.05, 3.63) is 95.2 Å². The van der Waals surface area contributed by atoms with Gasteiger partial charge in [0, 0.05) is 29.8 Å². The third-order valence-electron chi connectivity index (χ3n) is 7.58. The monoisotopic (exact) mass is 534 g/mol. The van der Waals surface area contributed by atoms with Crippen molar-refractivity contribution < 1.29 is 14.4 Å². The first-order valence-corrected chi connectivity index (χ1v) is 13.5. The van der Waals surface area contributed by atoms with Crippen LogP contribution >= 0.6 is 0 Å². The Morgan fingerprint density at radius 3 is 2.48 bits per heavy atom. The molecule has 2 heterocycles. The summed E-state index contributed by atoms with van der Waals surface area (Å²) < 4.78 is 1.71. The van der Waals surface area contributed by atoms with E-state index in [1.165, 1.54) is 12.8 Å². The van der Waals surface area contributed by atoms with E-state index in [2.05, 4.69) is 16.0 Å². The Labute approximate surface area is 231 Å². The maximum absolute atomic E-state index is 13.1. The number of amides is 4. The van der Waals surface area contributed by atoms with Crippen LogP contribution < -0.4 is 21.7 Å². The Hall–Kier alpha value is -4.92. The molecule has 3 aromatic carbocycles. The number of aromatic nitrogens is 2. The molecule has 6 rings (SSSR count). The summed E-state index contributed by atoms with van der Waals surface area (Å²) >= 11 is 0. The van der Waals surface area contributed by atoms with Gasteiger partial charge < -0.3 is 16.4 Å². The molecule has 9 heteroatoms. The first kappa shape index (κ1) is 25.4. The van der Waals surface area contributed by atoms with Crippen molar-refractivity contribution >= 4 is 29.4 Å². The number of benzene rings is 3. The van der Waals surface area contributed by atoms with Crippen molar-refractivity contribution in [3.8, 4) is 16.8 Å². The zero-order chi connectivity index (χ0) is 27.6. The number of hydrogen-bond acceptors (Lipinski definition) is 4. The average Bonchev–Trinajstić information content (AvgIpc) is 3.70. The Morgan fingerprint density at radius 2 is 1.70 bits per heavy atom. The number of fused-ring (bicyclic) bond motifs is 1. The molecule has 0 bridgehead atoms. The van der Waals surface area contributed by atoms with Crippen molar-refractivity contribution in [1.29, 1.82) is 0 Å². The highest BCUT2D eigenvalue weighted by atomic mass is 16.2. The fraction of sp³-hybridized carbons (Fsp3) is 0.226. The van der Waals surface area contributed by atoms with Crippen LogP contribution in [0.25, 0.3) is 16.8 Å². The van der Waals surface area contributed by atoms with E-state index < -0.39 is 11.9 Å². The van der Waals surface area contributed by atoms with Crippen LogP contribution in [0.2, 0.25) is 0 Å². The van der Waals surface area contributed by atoms with Crippen LogP contribution in [0.4, 0.5) is 16.3 Å². The minimum atomic E-state index is -0.408. The SMILES string of the molecule is NC(=O)Cc1cccc(-n2nc(C3CCCC3)cc2NC(=O)Nc2ccc(-c3cccc4c3CNC4=O)cc2)c1. The molecule has 1 aliphatic heterocycles.